The zero-order valence-electron chi connectivity index (χ0n) is 15.2. The van der Waals surface area contributed by atoms with Crippen LogP contribution in [0.5, 0.6) is 0 Å². The molecule has 0 saturated carbocycles. The highest BCUT2D eigenvalue weighted by Gasteiger charge is 2.31. The van der Waals surface area contributed by atoms with Crippen LogP contribution in [-0.2, 0) is 6.42 Å². The van der Waals surface area contributed by atoms with Crippen LogP contribution in [0.4, 0.5) is 4.39 Å². The van der Waals surface area contributed by atoms with E-state index in [1.807, 2.05) is 15.6 Å². The van der Waals surface area contributed by atoms with Gasteiger partial charge in [0.1, 0.15) is 5.82 Å². The summed E-state index contributed by atoms with van der Waals surface area (Å²) in [4.78, 5) is 14.8. The van der Waals surface area contributed by atoms with Gasteiger partial charge in [0.05, 0.1) is 12.2 Å². The van der Waals surface area contributed by atoms with E-state index in [4.69, 9.17) is 0 Å². The Balaban J connectivity index is 0.00000210. The fraction of sp³-hybridized carbons (Fsp3) is 0.526. The van der Waals surface area contributed by atoms with E-state index in [1.54, 1.807) is 18.3 Å². The van der Waals surface area contributed by atoms with Crippen molar-refractivity contribution in [2.75, 3.05) is 19.6 Å². The maximum Gasteiger partial charge on any atom is 0.276 e. The Kier molecular flexibility index (Phi) is 6.44. The third-order valence-corrected chi connectivity index (χ3v) is 5.41. The number of hydrogen-bond donors (Lipinski definition) is 1. The van der Waals surface area contributed by atoms with Gasteiger partial charge in [-0.2, -0.15) is 0 Å². The molecule has 2 aliphatic heterocycles. The molecule has 0 bridgehead atoms. The van der Waals surface area contributed by atoms with Crippen molar-refractivity contribution in [2.24, 2.45) is 0 Å². The highest BCUT2D eigenvalue weighted by Crippen LogP contribution is 2.24. The first-order chi connectivity index (χ1) is 12.7. The van der Waals surface area contributed by atoms with E-state index in [0.717, 1.165) is 50.9 Å². The molecule has 27 heavy (non-hydrogen) atoms. The van der Waals surface area contributed by atoms with Gasteiger partial charge in [0.25, 0.3) is 5.91 Å². The number of benzene rings is 1. The zero-order chi connectivity index (χ0) is 17.9. The fourth-order valence-electron chi connectivity index (χ4n) is 4.02. The monoisotopic (exact) mass is 393 g/mol. The Hall–Kier alpha value is -1.99. The van der Waals surface area contributed by atoms with Gasteiger partial charge in [-0.15, -0.1) is 17.5 Å². The summed E-state index contributed by atoms with van der Waals surface area (Å²) in [7, 11) is 0. The van der Waals surface area contributed by atoms with Crippen molar-refractivity contribution in [3.8, 4) is 0 Å². The van der Waals surface area contributed by atoms with Gasteiger partial charge in [0.2, 0.25) is 0 Å². The molecule has 0 spiro atoms. The van der Waals surface area contributed by atoms with Gasteiger partial charge in [-0.25, -0.2) is 9.07 Å². The second-order valence-electron chi connectivity index (χ2n) is 7.19. The molecule has 2 aromatic rings. The van der Waals surface area contributed by atoms with Crippen LogP contribution >= 0.6 is 12.4 Å². The quantitative estimate of drug-likeness (QED) is 0.867. The molecule has 1 aromatic carbocycles. The van der Waals surface area contributed by atoms with Gasteiger partial charge in [0, 0.05) is 12.6 Å². The molecule has 146 valence electrons. The number of hydrogen-bond acceptors (Lipinski definition) is 4. The van der Waals surface area contributed by atoms with Crippen molar-refractivity contribution in [1.82, 2.24) is 25.2 Å². The topological polar surface area (TPSA) is 63.1 Å². The fourth-order valence-corrected chi connectivity index (χ4v) is 4.02. The maximum absolute atomic E-state index is 13.4. The van der Waals surface area contributed by atoms with E-state index >= 15 is 0 Å². The zero-order valence-corrected chi connectivity index (χ0v) is 16.0. The van der Waals surface area contributed by atoms with Crippen LogP contribution < -0.4 is 5.32 Å². The Bertz CT molecular complexity index is 777. The number of aromatic nitrogens is 3. The minimum Gasteiger partial charge on any atom is -0.334 e. The SMILES string of the molecule is Cl.O=C(c1cn(C2CCNCC2)nn1)N1CCCC1Cc1cccc(F)c1. The molecule has 2 saturated heterocycles. The molecule has 4 rings (SSSR count). The van der Waals surface area contributed by atoms with Crippen LogP contribution in [0.15, 0.2) is 30.5 Å². The number of rotatable bonds is 4. The van der Waals surface area contributed by atoms with Gasteiger partial charge in [-0.05, 0) is 62.9 Å². The molecule has 1 amide bonds. The molecule has 1 unspecified atom stereocenters. The molecule has 0 radical (unpaired) electrons. The second-order valence-corrected chi connectivity index (χ2v) is 7.19. The van der Waals surface area contributed by atoms with E-state index < -0.39 is 0 Å². The number of amides is 1. The number of halogens is 2. The molecule has 1 aromatic heterocycles. The van der Waals surface area contributed by atoms with Crippen molar-refractivity contribution in [1.29, 1.82) is 0 Å². The summed E-state index contributed by atoms with van der Waals surface area (Å²) >= 11 is 0. The molecule has 3 heterocycles. The minimum atomic E-state index is -0.233. The van der Waals surface area contributed by atoms with Gasteiger partial charge in [0.15, 0.2) is 5.69 Å². The minimum absolute atomic E-state index is 0. The predicted octanol–water partition coefficient (Wildman–Crippen LogP) is 2.61. The highest BCUT2D eigenvalue weighted by molar-refractivity contribution is 5.92. The van der Waals surface area contributed by atoms with E-state index in [9.17, 15) is 9.18 Å². The van der Waals surface area contributed by atoms with Crippen LogP contribution in [0.25, 0.3) is 0 Å². The lowest BCUT2D eigenvalue weighted by atomic mass is 10.0. The first kappa shape index (κ1) is 19.8. The van der Waals surface area contributed by atoms with Crippen LogP contribution in [0.3, 0.4) is 0 Å². The van der Waals surface area contributed by atoms with Crippen molar-refractivity contribution in [2.45, 2.75) is 44.2 Å². The number of piperidine rings is 1. The number of carbonyl (C=O) groups excluding carboxylic acids is 1. The number of carbonyl (C=O) groups is 1. The van der Waals surface area contributed by atoms with Crippen molar-refractivity contribution in [3.05, 3.63) is 47.5 Å². The summed E-state index contributed by atoms with van der Waals surface area (Å²) < 4.78 is 15.3. The van der Waals surface area contributed by atoms with E-state index in [2.05, 4.69) is 15.6 Å². The van der Waals surface area contributed by atoms with Gasteiger partial charge >= 0.3 is 0 Å². The van der Waals surface area contributed by atoms with Gasteiger partial charge in [-0.1, -0.05) is 17.3 Å². The van der Waals surface area contributed by atoms with Crippen LogP contribution in [0.1, 0.15) is 47.8 Å². The highest BCUT2D eigenvalue weighted by atomic mass is 35.5. The predicted molar refractivity (Wildman–Crippen MR) is 103 cm³/mol. The third kappa shape index (κ3) is 4.47. The van der Waals surface area contributed by atoms with Crippen molar-refractivity contribution < 1.29 is 9.18 Å². The van der Waals surface area contributed by atoms with Crippen molar-refractivity contribution in [3.63, 3.8) is 0 Å². The second kappa shape index (κ2) is 8.80. The van der Waals surface area contributed by atoms with Gasteiger partial charge < -0.3 is 10.2 Å². The van der Waals surface area contributed by atoms with Crippen LogP contribution in [0, 0.1) is 5.82 Å². The number of likely N-dealkylation sites (tertiary alicyclic amines) is 1. The summed E-state index contributed by atoms with van der Waals surface area (Å²) in [5.41, 5.74) is 1.34. The molecule has 2 aliphatic rings. The lowest BCUT2D eigenvalue weighted by Crippen LogP contribution is -2.37. The molecule has 6 nitrogen and oxygen atoms in total. The molecular weight excluding hydrogens is 369 g/mol. The average Bonchev–Trinajstić information content (AvgIpc) is 3.32. The van der Waals surface area contributed by atoms with E-state index in [-0.39, 0.29) is 30.2 Å². The lowest BCUT2D eigenvalue weighted by Gasteiger charge is -2.24. The molecule has 0 aliphatic carbocycles. The standard InChI is InChI=1S/C19H24FN5O.ClH/c20-15-4-1-3-14(11-15)12-17-5-2-10-24(17)19(26)18-13-25(23-22-18)16-6-8-21-9-7-16;/h1,3-4,11,13,16-17,21H,2,5-10,12H2;1H. The molecule has 1 atom stereocenters. The van der Waals surface area contributed by atoms with Gasteiger partial charge in [-0.3, -0.25) is 4.79 Å². The average molecular weight is 394 g/mol. The molecule has 2 fully saturated rings. The first-order valence-electron chi connectivity index (χ1n) is 9.38. The lowest BCUT2D eigenvalue weighted by molar-refractivity contribution is 0.0730. The Morgan fingerprint density at radius 3 is 2.85 bits per heavy atom. The molecular formula is C19H25ClFN5O. The normalized spacial score (nSPS) is 20.5. The summed E-state index contributed by atoms with van der Waals surface area (Å²) in [5, 5.41) is 11.7. The largest absolute Gasteiger partial charge is 0.334 e. The van der Waals surface area contributed by atoms with Crippen LogP contribution in [0.2, 0.25) is 0 Å². The van der Waals surface area contributed by atoms with Crippen molar-refractivity contribution >= 4 is 18.3 Å². The summed E-state index contributed by atoms with van der Waals surface area (Å²) in [6.45, 7) is 2.66. The Morgan fingerprint density at radius 1 is 1.26 bits per heavy atom. The van der Waals surface area contributed by atoms with Crippen LogP contribution in [-0.4, -0.2) is 51.5 Å². The summed E-state index contributed by atoms with van der Waals surface area (Å²) in [6.07, 6.45) is 6.37. The van der Waals surface area contributed by atoms with E-state index in [0.29, 0.717) is 18.2 Å². The number of nitrogens with one attached hydrogen (secondary N) is 1. The smallest absolute Gasteiger partial charge is 0.276 e. The number of nitrogens with zero attached hydrogens (tertiary/aromatic N) is 4. The maximum atomic E-state index is 13.4. The third-order valence-electron chi connectivity index (χ3n) is 5.41. The summed E-state index contributed by atoms with van der Waals surface area (Å²) in [5.74, 6) is -0.299. The molecule has 8 heteroatoms. The molecule has 1 N–H and O–H groups in total. The Morgan fingerprint density at radius 2 is 2.07 bits per heavy atom. The Labute approximate surface area is 164 Å². The van der Waals surface area contributed by atoms with E-state index in [1.165, 1.54) is 6.07 Å². The first-order valence-corrected chi connectivity index (χ1v) is 9.38. The summed E-state index contributed by atoms with van der Waals surface area (Å²) in [6, 6.07) is 7.03.